The molecule has 32 heavy (non-hydrogen) atoms. The lowest BCUT2D eigenvalue weighted by Crippen LogP contribution is -2.47. The van der Waals surface area contributed by atoms with Crippen molar-refractivity contribution in [1.82, 2.24) is 0 Å². The van der Waals surface area contributed by atoms with E-state index in [9.17, 15) is 20.4 Å². The average Bonchev–Trinajstić information content (AvgIpc) is 3.28. The van der Waals surface area contributed by atoms with Gasteiger partial charge in [-0.2, -0.15) is 0 Å². The zero-order valence-corrected chi connectivity index (χ0v) is 18.5. The minimum absolute atomic E-state index is 0.209. The fourth-order valence-corrected chi connectivity index (χ4v) is 4.67. The van der Waals surface area contributed by atoms with Crippen LogP contribution < -0.4 is 4.74 Å². The Kier molecular flexibility index (Phi) is 6.51. The van der Waals surface area contributed by atoms with Crippen molar-refractivity contribution in [2.24, 2.45) is 0 Å². The molecular formula is C25H27ClO6. The first kappa shape index (κ1) is 23.1. The quantitative estimate of drug-likeness (QED) is 0.513. The maximum Gasteiger partial charge on any atom is 0.147 e. The summed E-state index contributed by atoms with van der Waals surface area (Å²) in [7, 11) is 0. The van der Waals surface area contributed by atoms with Crippen LogP contribution in [0, 0.1) is 12.3 Å². The summed E-state index contributed by atoms with van der Waals surface area (Å²) >= 11 is 6.69. The molecule has 170 valence electrons. The lowest BCUT2D eigenvalue weighted by atomic mass is 9.88. The van der Waals surface area contributed by atoms with Crippen molar-refractivity contribution in [3.05, 3.63) is 63.2 Å². The highest BCUT2D eigenvalue weighted by Gasteiger charge is 2.39. The number of rotatable bonds is 5. The maximum absolute atomic E-state index is 10.3. The number of hydrogen-bond donors (Lipinski definition) is 4. The van der Waals surface area contributed by atoms with E-state index >= 15 is 0 Å². The van der Waals surface area contributed by atoms with E-state index < -0.39 is 30.0 Å². The van der Waals surface area contributed by atoms with Crippen LogP contribution in [0.15, 0.2) is 30.3 Å². The van der Waals surface area contributed by atoms with E-state index in [1.54, 1.807) is 19.1 Å². The molecule has 4 unspecified atom stereocenters. The van der Waals surface area contributed by atoms with Crippen LogP contribution in [0.5, 0.6) is 5.75 Å². The molecule has 2 aliphatic heterocycles. The second kappa shape index (κ2) is 9.03. The van der Waals surface area contributed by atoms with E-state index in [4.69, 9.17) is 27.5 Å². The number of ether oxygens (including phenoxy) is 2. The van der Waals surface area contributed by atoms with Gasteiger partial charge in [-0.3, -0.25) is 0 Å². The summed E-state index contributed by atoms with van der Waals surface area (Å²) in [6, 6.07) is 9.34. The van der Waals surface area contributed by atoms with Gasteiger partial charge in [0.1, 0.15) is 23.6 Å². The summed E-state index contributed by atoms with van der Waals surface area (Å²) in [4.78, 5) is 0. The molecule has 7 heteroatoms. The summed E-state index contributed by atoms with van der Waals surface area (Å²) in [5, 5.41) is 40.7. The van der Waals surface area contributed by atoms with Gasteiger partial charge in [0, 0.05) is 18.4 Å². The Bertz CT molecular complexity index is 1030. The molecule has 4 N–H and O–H groups in total. The van der Waals surface area contributed by atoms with E-state index in [0.29, 0.717) is 35.8 Å². The molecular weight excluding hydrogens is 432 g/mol. The molecule has 2 aliphatic rings. The van der Waals surface area contributed by atoms with E-state index in [1.807, 2.05) is 18.2 Å². The summed E-state index contributed by atoms with van der Waals surface area (Å²) < 4.78 is 11.7. The Hall–Kier alpha value is -2.11. The molecule has 5 atom stereocenters. The third kappa shape index (κ3) is 4.25. The zero-order valence-electron chi connectivity index (χ0n) is 17.8. The van der Waals surface area contributed by atoms with Crippen molar-refractivity contribution in [2.75, 3.05) is 13.2 Å². The van der Waals surface area contributed by atoms with Crippen LogP contribution in [-0.4, -0.2) is 52.0 Å². The van der Waals surface area contributed by atoms with Crippen molar-refractivity contribution in [3.63, 3.8) is 0 Å². The van der Waals surface area contributed by atoms with Crippen molar-refractivity contribution < 1.29 is 29.9 Å². The lowest BCUT2D eigenvalue weighted by molar-refractivity contribution is -0.181. The summed E-state index contributed by atoms with van der Waals surface area (Å²) in [5.41, 5.74) is 2.89. The topological polar surface area (TPSA) is 99.4 Å². The van der Waals surface area contributed by atoms with Crippen LogP contribution in [0.25, 0.3) is 0 Å². The summed E-state index contributed by atoms with van der Waals surface area (Å²) in [6.07, 6.45) is 3.31. The van der Waals surface area contributed by atoms with Gasteiger partial charge in [-0.1, -0.05) is 47.9 Å². The second-order valence-corrected chi connectivity index (χ2v) is 8.95. The molecule has 1 saturated heterocycles. The molecule has 2 heterocycles. The Labute approximate surface area is 192 Å². The number of terminal acetylenes is 1. The number of hydrogen-bond acceptors (Lipinski definition) is 6. The first-order valence-electron chi connectivity index (χ1n) is 10.6. The number of benzene rings is 2. The monoisotopic (exact) mass is 458 g/mol. The third-order valence-electron chi connectivity index (χ3n) is 6.32. The van der Waals surface area contributed by atoms with Crippen molar-refractivity contribution in [2.45, 2.75) is 56.2 Å². The molecule has 0 radical (unpaired) electrons. The van der Waals surface area contributed by atoms with E-state index in [2.05, 4.69) is 5.92 Å². The fourth-order valence-electron chi connectivity index (χ4n) is 4.38. The second-order valence-electron chi connectivity index (χ2n) is 8.57. The Balaban J connectivity index is 1.67. The number of halogens is 1. The normalized spacial score (nSPS) is 26.7. The lowest BCUT2D eigenvalue weighted by Gasteiger charge is -2.37. The molecule has 0 aliphatic carbocycles. The summed E-state index contributed by atoms with van der Waals surface area (Å²) in [6.45, 7) is 1.68. The van der Waals surface area contributed by atoms with E-state index in [0.717, 1.165) is 22.3 Å². The van der Waals surface area contributed by atoms with Gasteiger partial charge in [-0.15, -0.1) is 6.42 Å². The molecule has 6 nitrogen and oxygen atoms in total. The predicted octanol–water partition coefficient (Wildman–Crippen LogP) is 2.25. The number of fused-ring (bicyclic) bond motifs is 1. The molecule has 0 amide bonds. The van der Waals surface area contributed by atoms with Gasteiger partial charge in [0.05, 0.1) is 30.4 Å². The van der Waals surface area contributed by atoms with Gasteiger partial charge in [-0.25, -0.2) is 0 Å². The van der Waals surface area contributed by atoms with Gasteiger partial charge >= 0.3 is 0 Å². The molecule has 0 bridgehead atoms. The minimum Gasteiger partial charge on any atom is -0.491 e. The van der Waals surface area contributed by atoms with Crippen LogP contribution in [0.1, 0.15) is 47.3 Å². The fraction of sp³-hybridized carbons (Fsp3) is 0.440. The molecule has 2 aromatic rings. The van der Waals surface area contributed by atoms with Crippen molar-refractivity contribution >= 4 is 11.6 Å². The molecule has 0 saturated carbocycles. The van der Waals surface area contributed by atoms with Gasteiger partial charge in [0.15, 0.2) is 0 Å². The van der Waals surface area contributed by atoms with Crippen LogP contribution in [0.3, 0.4) is 0 Å². The predicted molar refractivity (Wildman–Crippen MR) is 120 cm³/mol. The van der Waals surface area contributed by atoms with Gasteiger partial charge in [-0.05, 0) is 35.6 Å². The van der Waals surface area contributed by atoms with Crippen LogP contribution >= 0.6 is 11.6 Å². The highest BCUT2D eigenvalue weighted by Crippen LogP contribution is 2.44. The standard InChI is InChI=1S/C25H27ClO6/c1-3-25(2,30)16-6-4-14(5-7-16)10-15-11-18(17-8-9-31-24(17)22(15)26)20-12-19(28)23(29)21(13-27)32-20/h1,4-7,11,19-21,23,27-30H,8-10,12-13H2,2H3/t19?,20?,21?,23-,25?/m0/s1. The molecule has 0 aromatic heterocycles. The van der Waals surface area contributed by atoms with Gasteiger partial charge in [0.25, 0.3) is 0 Å². The van der Waals surface area contributed by atoms with Crippen molar-refractivity contribution in [1.29, 1.82) is 0 Å². The SMILES string of the molecule is C#CC(C)(O)c1ccc(Cc2cc(C3CC(O)[C@H](O)C(CO)O3)c3c(c2Cl)OCC3)cc1. The van der Waals surface area contributed by atoms with E-state index in [-0.39, 0.29) is 13.0 Å². The van der Waals surface area contributed by atoms with Crippen LogP contribution in [0.2, 0.25) is 5.02 Å². The van der Waals surface area contributed by atoms with Crippen molar-refractivity contribution in [3.8, 4) is 18.1 Å². The maximum atomic E-state index is 10.3. The largest absolute Gasteiger partial charge is 0.491 e. The summed E-state index contributed by atoms with van der Waals surface area (Å²) in [5.74, 6) is 2.99. The Morgan fingerprint density at radius 2 is 1.97 bits per heavy atom. The third-order valence-corrected chi connectivity index (χ3v) is 6.73. The highest BCUT2D eigenvalue weighted by atomic mass is 35.5. The van der Waals surface area contributed by atoms with Crippen LogP contribution in [0.4, 0.5) is 0 Å². The molecule has 1 fully saturated rings. The van der Waals surface area contributed by atoms with Gasteiger partial charge < -0.3 is 29.9 Å². The zero-order chi connectivity index (χ0) is 23.0. The van der Waals surface area contributed by atoms with Crippen LogP contribution in [-0.2, 0) is 23.2 Å². The highest BCUT2D eigenvalue weighted by molar-refractivity contribution is 6.33. The van der Waals surface area contributed by atoms with E-state index in [1.165, 1.54) is 0 Å². The first-order valence-corrected chi connectivity index (χ1v) is 11.0. The molecule has 0 spiro atoms. The first-order chi connectivity index (χ1) is 15.2. The number of aliphatic hydroxyl groups excluding tert-OH is 3. The molecule has 4 rings (SSSR count). The molecule has 2 aromatic carbocycles. The Morgan fingerprint density at radius 3 is 2.62 bits per heavy atom. The number of aliphatic hydroxyl groups is 4. The smallest absolute Gasteiger partial charge is 0.147 e. The van der Waals surface area contributed by atoms with Gasteiger partial charge in [0.2, 0.25) is 0 Å². The minimum atomic E-state index is -1.34. The Morgan fingerprint density at radius 1 is 1.25 bits per heavy atom. The average molecular weight is 459 g/mol.